The summed E-state index contributed by atoms with van der Waals surface area (Å²) in [6, 6.07) is 4.27. The van der Waals surface area contributed by atoms with Crippen LogP contribution in [0.4, 0.5) is 5.82 Å². The van der Waals surface area contributed by atoms with E-state index < -0.39 is 0 Å². The summed E-state index contributed by atoms with van der Waals surface area (Å²) >= 11 is 1.56. The number of hydrogen-bond acceptors (Lipinski definition) is 5. The fourth-order valence-electron chi connectivity index (χ4n) is 3.28. The van der Waals surface area contributed by atoms with Gasteiger partial charge in [-0.2, -0.15) is 11.3 Å². The fraction of sp³-hybridized carbons (Fsp3) is 0.389. The molecule has 0 saturated carbocycles. The average Bonchev–Trinajstić information content (AvgIpc) is 3.30. The summed E-state index contributed by atoms with van der Waals surface area (Å²) in [5, 5.41) is 3.86. The molecule has 1 amide bonds. The minimum absolute atomic E-state index is 0.121. The van der Waals surface area contributed by atoms with Crippen LogP contribution in [0.25, 0.3) is 11.0 Å². The first-order valence-electron chi connectivity index (χ1n) is 8.53. The molecule has 1 saturated heterocycles. The monoisotopic (exact) mass is 355 g/mol. The van der Waals surface area contributed by atoms with Crippen molar-refractivity contribution in [1.29, 1.82) is 0 Å². The summed E-state index contributed by atoms with van der Waals surface area (Å²) in [4.78, 5) is 25.8. The molecule has 0 radical (unpaired) electrons. The number of nitrogens with zero attached hydrogens (tertiary/aromatic N) is 5. The van der Waals surface area contributed by atoms with E-state index in [2.05, 4.69) is 33.3 Å². The van der Waals surface area contributed by atoms with Gasteiger partial charge in [-0.3, -0.25) is 4.79 Å². The van der Waals surface area contributed by atoms with E-state index in [9.17, 15) is 4.79 Å². The molecule has 4 heterocycles. The fourth-order valence-corrected chi connectivity index (χ4v) is 3.91. The van der Waals surface area contributed by atoms with Crippen LogP contribution in [0.2, 0.25) is 0 Å². The Hall–Kier alpha value is -2.41. The van der Waals surface area contributed by atoms with Crippen molar-refractivity contribution in [3.8, 4) is 0 Å². The zero-order valence-corrected chi connectivity index (χ0v) is 15.2. The number of thiophene rings is 1. The van der Waals surface area contributed by atoms with Crippen molar-refractivity contribution < 1.29 is 4.79 Å². The van der Waals surface area contributed by atoms with Crippen LogP contribution < -0.4 is 4.90 Å². The number of aromatic nitrogens is 3. The van der Waals surface area contributed by atoms with Gasteiger partial charge in [0.05, 0.1) is 17.4 Å². The van der Waals surface area contributed by atoms with E-state index in [1.165, 1.54) is 0 Å². The van der Waals surface area contributed by atoms with Gasteiger partial charge < -0.3 is 14.4 Å². The standard InChI is InChI=1S/C18H21N5OS/c1-13(2)23-12-20-16-15(23)3-5-19-17(16)21-6-8-22(9-7-21)18(24)14-4-10-25-11-14/h3-5,10-13H,6-9H2,1-2H3. The Bertz CT molecular complexity index is 878. The van der Waals surface area contributed by atoms with E-state index in [0.717, 1.165) is 35.5 Å². The molecule has 1 aliphatic heterocycles. The molecule has 6 nitrogen and oxygen atoms in total. The molecule has 0 spiro atoms. The number of rotatable bonds is 3. The lowest BCUT2D eigenvalue weighted by atomic mass is 10.2. The molecule has 0 unspecified atom stereocenters. The van der Waals surface area contributed by atoms with Gasteiger partial charge in [-0.05, 0) is 31.4 Å². The van der Waals surface area contributed by atoms with Gasteiger partial charge in [0, 0.05) is 43.8 Å². The number of carbonyl (C=O) groups excluding carboxylic acids is 1. The second-order valence-electron chi connectivity index (χ2n) is 6.54. The Morgan fingerprint density at radius 1 is 1.16 bits per heavy atom. The Balaban J connectivity index is 1.53. The predicted molar refractivity (Wildman–Crippen MR) is 100 cm³/mol. The van der Waals surface area contributed by atoms with Gasteiger partial charge in [0.15, 0.2) is 5.82 Å². The van der Waals surface area contributed by atoms with Crippen molar-refractivity contribution in [2.45, 2.75) is 19.9 Å². The van der Waals surface area contributed by atoms with Gasteiger partial charge in [0.25, 0.3) is 5.91 Å². The van der Waals surface area contributed by atoms with Crippen LogP contribution in [0.5, 0.6) is 0 Å². The number of imidazole rings is 1. The van der Waals surface area contributed by atoms with Crippen molar-refractivity contribution in [1.82, 2.24) is 19.4 Å². The first-order valence-corrected chi connectivity index (χ1v) is 9.47. The molecule has 0 bridgehead atoms. The summed E-state index contributed by atoms with van der Waals surface area (Å²) in [5.74, 6) is 1.04. The van der Waals surface area contributed by atoms with E-state index in [1.54, 1.807) is 11.3 Å². The van der Waals surface area contributed by atoms with Gasteiger partial charge in [-0.25, -0.2) is 9.97 Å². The largest absolute Gasteiger partial charge is 0.351 e. The molecule has 0 aliphatic carbocycles. The van der Waals surface area contributed by atoms with Crippen LogP contribution in [0, 0.1) is 0 Å². The van der Waals surface area contributed by atoms with E-state index in [-0.39, 0.29) is 5.91 Å². The minimum Gasteiger partial charge on any atom is -0.351 e. The SMILES string of the molecule is CC(C)n1cnc2c(N3CCN(C(=O)c4ccsc4)CC3)nccc21. The molecule has 3 aromatic rings. The third kappa shape index (κ3) is 2.89. The van der Waals surface area contributed by atoms with Gasteiger partial charge in [-0.1, -0.05) is 0 Å². The summed E-state index contributed by atoms with van der Waals surface area (Å²) in [7, 11) is 0. The molecule has 0 aromatic carbocycles. The van der Waals surface area contributed by atoms with Crippen molar-refractivity contribution >= 4 is 34.1 Å². The number of fused-ring (bicyclic) bond motifs is 1. The van der Waals surface area contributed by atoms with Crippen molar-refractivity contribution in [3.05, 3.63) is 41.0 Å². The van der Waals surface area contributed by atoms with Gasteiger partial charge in [0.1, 0.15) is 5.52 Å². The van der Waals surface area contributed by atoms with Gasteiger partial charge in [-0.15, -0.1) is 0 Å². The van der Waals surface area contributed by atoms with Gasteiger partial charge in [0.2, 0.25) is 0 Å². The van der Waals surface area contributed by atoms with Crippen molar-refractivity contribution in [2.75, 3.05) is 31.1 Å². The Kier molecular flexibility index (Phi) is 4.17. The molecule has 0 N–H and O–H groups in total. The number of hydrogen-bond donors (Lipinski definition) is 0. The number of anilines is 1. The van der Waals surface area contributed by atoms with Crippen LogP contribution in [0.15, 0.2) is 35.4 Å². The molecular formula is C18H21N5OS. The highest BCUT2D eigenvalue weighted by molar-refractivity contribution is 7.08. The maximum Gasteiger partial charge on any atom is 0.254 e. The van der Waals surface area contributed by atoms with Crippen molar-refractivity contribution in [3.63, 3.8) is 0 Å². The zero-order valence-electron chi connectivity index (χ0n) is 14.4. The Morgan fingerprint density at radius 2 is 1.96 bits per heavy atom. The quantitative estimate of drug-likeness (QED) is 0.725. The van der Waals surface area contributed by atoms with Crippen LogP contribution in [0.3, 0.4) is 0 Å². The lowest BCUT2D eigenvalue weighted by molar-refractivity contribution is 0.0747. The third-order valence-corrected chi connectivity index (χ3v) is 5.35. The Morgan fingerprint density at radius 3 is 2.64 bits per heavy atom. The topological polar surface area (TPSA) is 54.3 Å². The highest BCUT2D eigenvalue weighted by atomic mass is 32.1. The number of pyridine rings is 1. The molecule has 130 valence electrons. The Labute approximate surface area is 150 Å². The first-order chi connectivity index (χ1) is 12.1. The van der Waals surface area contributed by atoms with E-state index in [0.29, 0.717) is 19.1 Å². The molecule has 1 aliphatic rings. The maximum atomic E-state index is 12.5. The average molecular weight is 355 g/mol. The normalized spacial score (nSPS) is 15.3. The number of piperazine rings is 1. The van der Waals surface area contributed by atoms with Crippen LogP contribution >= 0.6 is 11.3 Å². The molecule has 0 atom stereocenters. The molecular weight excluding hydrogens is 334 g/mol. The summed E-state index contributed by atoms with van der Waals surface area (Å²) in [6.07, 6.45) is 3.73. The molecule has 1 fully saturated rings. The smallest absolute Gasteiger partial charge is 0.254 e. The van der Waals surface area contributed by atoms with Gasteiger partial charge >= 0.3 is 0 Å². The van der Waals surface area contributed by atoms with Crippen molar-refractivity contribution in [2.24, 2.45) is 0 Å². The van der Waals surface area contributed by atoms with E-state index in [4.69, 9.17) is 0 Å². The summed E-state index contributed by atoms with van der Waals surface area (Å²) < 4.78 is 2.16. The van der Waals surface area contributed by atoms with Crippen LogP contribution in [0.1, 0.15) is 30.2 Å². The summed E-state index contributed by atoms with van der Waals surface area (Å²) in [5.41, 5.74) is 2.83. The number of amides is 1. The molecule has 25 heavy (non-hydrogen) atoms. The lowest BCUT2D eigenvalue weighted by Gasteiger charge is -2.35. The number of carbonyl (C=O) groups is 1. The van der Waals surface area contributed by atoms with E-state index in [1.807, 2.05) is 40.3 Å². The highest BCUT2D eigenvalue weighted by Crippen LogP contribution is 2.26. The van der Waals surface area contributed by atoms with Crippen LogP contribution in [-0.2, 0) is 0 Å². The highest BCUT2D eigenvalue weighted by Gasteiger charge is 2.24. The van der Waals surface area contributed by atoms with E-state index >= 15 is 0 Å². The second kappa shape index (κ2) is 6.48. The molecule has 4 rings (SSSR count). The first kappa shape index (κ1) is 16.1. The zero-order chi connectivity index (χ0) is 17.4. The summed E-state index contributed by atoms with van der Waals surface area (Å²) in [6.45, 7) is 7.26. The molecule has 7 heteroatoms. The molecule has 3 aromatic heterocycles. The minimum atomic E-state index is 0.121. The maximum absolute atomic E-state index is 12.5. The van der Waals surface area contributed by atoms with Crippen LogP contribution in [-0.4, -0.2) is 51.5 Å². The second-order valence-corrected chi connectivity index (χ2v) is 7.32. The third-order valence-electron chi connectivity index (χ3n) is 4.66. The lowest BCUT2D eigenvalue weighted by Crippen LogP contribution is -2.49. The predicted octanol–water partition coefficient (Wildman–Crippen LogP) is 3.04.